The molecule has 0 aliphatic carbocycles. The molecule has 1 aromatic carbocycles. The van der Waals surface area contributed by atoms with Crippen LogP contribution < -0.4 is 15.7 Å². The molecule has 21 heavy (non-hydrogen) atoms. The van der Waals surface area contributed by atoms with Crippen LogP contribution in [-0.2, 0) is 9.59 Å². The lowest BCUT2D eigenvalue weighted by atomic mass is 10.1. The summed E-state index contributed by atoms with van der Waals surface area (Å²) < 4.78 is 0. The highest BCUT2D eigenvalue weighted by Crippen LogP contribution is 2.13. The molecule has 0 fully saturated rings. The Hall–Kier alpha value is -2.43. The van der Waals surface area contributed by atoms with Crippen LogP contribution in [0.25, 0.3) is 0 Å². The topological polar surface area (TPSA) is 130 Å². The number of amides is 1. The molecule has 1 rings (SSSR count). The van der Waals surface area contributed by atoms with Gasteiger partial charge >= 0.3 is 0 Å². The summed E-state index contributed by atoms with van der Waals surface area (Å²) in [6.07, 6.45) is -0.997. The van der Waals surface area contributed by atoms with Crippen LogP contribution in [0.1, 0.15) is 18.9 Å². The van der Waals surface area contributed by atoms with Gasteiger partial charge in [0, 0.05) is 0 Å². The molecule has 0 saturated carbocycles. The van der Waals surface area contributed by atoms with Crippen molar-refractivity contribution in [2.75, 3.05) is 11.9 Å². The molecule has 2 atom stereocenters. The number of anilines is 1. The average molecular weight is 291 g/mol. The lowest BCUT2D eigenvalue weighted by Gasteiger charge is -2.17. The zero-order chi connectivity index (χ0) is 15.8. The lowest BCUT2D eigenvalue weighted by Crippen LogP contribution is -2.94. The fourth-order valence-corrected chi connectivity index (χ4v) is 1.71. The molecule has 1 amide bonds. The standard InChI is InChI=1S/C14H17N3O4/c1-9(18)8-16-12(14(20)21)6-13(19)17-11-5-3-2-4-10(11)7-15/h2-5,9,12,16,18H,6,8H2,1H3,(H,17,19)(H,20,21)/t9-,12-/m1/s1. The largest absolute Gasteiger partial charge is 0.544 e. The van der Waals surface area contributed by atoms with E-state index in [1.54, 1.807) is 24.3 Å². The van der Waals surface area contributed by atoms with Crippen LogP contribution in [0.15, 0.2) is 24.3 Å². The zero-order valence-corrected chi connectivity index (χ0v) is 11.6. The summed E-state index contributed by atoms with van der Waals surface area (Å²) in [4.78, 5) is 22.8. The highest BCUT2D eigenvalue weighted by Gasteiger charge is 2.19. The first-order chi connectivity index (χ1) is 9.93. The van der Waals surface area contributed by atoms with E-state index >= 15 is 0 Å². The van der Waals surface area contributed by atoms with Gasteiger partial charge in [-0.1, -0.05) is 12.1 Å². The third kappa shape index (κ3) is 5.60. The highest BCUT2D eigenvalue weighted by atomic mass is 16.4. The second kappa shape index (κ2) is 7.99. The summed E-state index contributed by atoms with van der Waals surface area (Å²) in [5.74, 6) is -1.91. The maximum atomic E-state index is 11.8. The van der Waals surface area contributed by atoms with Crippen molar-refractivity contribution in [1.29, 1.82) is 5.26 Å². The molecule has 0 unspecified atom stereocenters. The van der Waals surface area contributed by atoms with E-state index in [1.165, 1.54) is 12.2 Å². The number of quaternary nitrogens is 1. The van der Waals surface area contributed by atoms with E-state index in [-0.39, 0.29) is 13.0 Å². The molecule has 0 heterocycles. The number of benzene rings is 1. The smallest absolute Gasteiger partial charge is 0.230 e. The number of nitrogens with one attached hydrogen (secondary N) is 1. The van der Waals surface area contributed by atoms with Gasteiger partial charge in [-0.05, 0) is 19.1 Å². The summed E-state index contributed by atoms with van der Waals surface area (Å²) in [7, 11) is 0. The molecule has 4 N–H and O–H groups in total. The van der Waals surface area contributed by atoms with Gasteiger partial charge < -0.3 is 25.6 Å². The van der Waals surface area contributed by atoms with Crippen molar-refractivity contribution < 1.29 is 25.1 Å². The third-order valence-corrected chi connectivity index (χ3v) is 2.79. The van der Waals surface area contributed by atoms with Crippen molar-refractivity contribution in [3.63, 3.8) is 0 Å². The van der Waals surface area contributed by atoms with E-state index in [0.717, 1.165) is 0 Å². The van der Waals surface area contributed by atoms with Gasteiger partial charge in [0.25, 0.3) is 0 Å². The van der Waals surface area contributed by atoms with Crippen LogP contribution in [0.2, 0.25) is 0 Å². The normalized spacial score (nSPS) is 13.0. The van der Waals surface area contributed by atoms with Gasteiger partial charge in [0.05, 0.1) is 29.7 Å². The molecule has 0 bridgehead atoms. The van der Waals surface area contributed by atoms with E-state index in [2.05, 4.69) is 5.32 Å². The van der Waals surface area contributed by atoms with Gasteiger partial charge in [0.15, 0.2) is 0 Å². The Morgan fingerprint density at radius 1 is 1.48 bits per heavy atom. The summed E-state index contributed by atoms with van der Waals surface area (Å²) in [6, 6.07) is 7.27. The van der Waals surface area contributed by atoms with Crippen LogP contribution in [-0.4, -0.2) is 35.7 Å². The first-order valence-corrected chi connectivity index (χ1v) is 6.45. The number of aliphatic hydroxyl groups is 1. The van der Waals surface area contributed by atoms with E-state index in [0.29, 0.717) is 11.3 Å². The van der Waals surface area contributed by atoms with Gasteiger partial charge in [0.1, 0.15) is 18.7 Å². The number of rotatable bonds is 7. The first kappa shape index (κ1) is 16.6. The Morgan fingerprint density at radius 3 is 2.71 bits per heavy atom. The maximum Gasteiger partial charge on any atom is 0.230 e. The second-order valence-electron chi connectivity index (χ2n) is 4.66. The minimum atomic E-state index is -1.38. The number of nitriles is 1. The van der Waals surface area contributed by atoms with Crippen LogP contribution in [0.3, 0.4) is 0 Å². The molecule has 112 valence electrons. The van der Waals surface area contributed by atoms with Crippen molar-refractivity contribution in [3.8, 4) is 6.07 Å². The monoisotopic (exact) mass is 291 g/mol. The van der Waals surface area contributed by atoms with E-state index in [4.69, 9.17) is 10.4 Å². The third-order valence-electron chi connectivity index (χ3n) is 2.79. The van der Waals surface area contributed by atoms with Gasteiger partial charge in [-0.15, -0.1) is 0 Å². The van der Waals surface area contributed by atoms with Crippen molar-refractivity contribution in [2.24, 2.45) is 0 Å². The fraction of sp³-hybridized carbons (Fsp3) is 0.357. The number of nitrogens with zero attached hydrogens (tertiary/aromatic N) is 1. The number of aliphatic hydroxyl groups excluding tert-OH is 1. The molecule has 7 heteroatoms. The number of carbonyl (C=O) groups excluding carboxylic acids is 2. The minimum absolute atomic E-state index is 0.153. The predicted octanol–water partition coefficient (Wildman–Crippen LogP) is -2.05. The van der Waals surface area contributed by atoms with E-state index in [1.807, 2.05) is 6.07 Å². The number of carboxylic acid groups (broad SMARTS) is 1. The van der Waals surface area contributed by atoms with E-state index in [9.17, 15) is 14.7 Å². The maximum absolute atomic E-state index is 11.8. The Kier molecular flexibility index (Phi) is 6.33. The Morgan fingerprint density at radius 2 is 2.14 bits per heavy atom. The molecule has 0 aliphatic rings. The SMILES string of the molecule is C[C@@H](O)C[NH2+][C@H](CC(=O)Nc1ccccc1C#N)C(=O)[O-]. The summed E-state index contributed by atoms with van der Waals surface area (Å²) in [5.41, 5.74) is 0.626. The van der Waals surface area contributed by atoms with Gasteiger partial charge in [-0.3, -0.25) is 4.79 Å². The molecule has 1 aromatic rings. The number of hydrogen-bond acceptors (Lipinski definition) is 5. The van der Waals surface area contributed by atoms with Crippen molar-refractivity contribution in [3.05, 3.63) is 29.8 Å². The molecule has 0 saturated heterocycles. The summed E-state index contributed by atoms with van der Waals surface area (Å²) in [5, 5.41) is 32.9. The molecule has 0 spiro atoms. The minimum Gasteiger partial charge on any atom is -0.544 e. The first-order valence-electron chi connectivity index (χ1n) is 6.45. The van der Waals surface area contributed by atoms with Crippen LogP contribution in [0, 0.1) is 11.3 Å². The highest BCUT2D eigenvalue weighted by molar-refractivity contribution is 5.94. The van der Waals surface area contributed by atoms with Crippen LogP contribution in [0.4, 0.5) is 5.69 Å². The molecule has 0 aromatic heterocycles. The van der Waals surface area contributed by atoms with Crippen LogP contribution in [0.5, 0.6) is 0 Å². The number of aliphatic carboxylic acids is 1. The molecule has 7 nitrogen and oxygen atoms in total. The summed E-state index contributed by atoms with van der Waals surface area (Å²) in [6.45, 7) is 1.67. The quantitative estimate of drug-likeness (QED) is 0.532. The zero-order valence-electron chi connectivity index (χ0n) is 11.6. The number of hydrogen-bond donors (Lipinski definition) is 3. The fourth-order valence-electron chi connectivity index (χ4n) is 1.71. The molecular weight excluding hydrogens is 274 g/mol. The molecule has 0 aliphatic heterocycles. The molecule has 0 radical (unpaired) electrons. The molecular formula is C14H17N3O4. The van der Waals surface area contributed by atoms with Gasteiger partial charge in [-0.25, -0.2) is 0 Å². The number of nitrogens with two attached hydrogens (primary N) is 1. The number of para-hydroxylation sites is 1. The number of carboxylic acids is 1. The number of carbonyl (C=O) groups is 2. The Bertz CT molecular complexity index is 551. The predicted molar refractivity (Wildman–Crippen MR) is 71.7 cm³/mol. The lowest BCUT2D eigenvalue weighted by molar-refractivity contribution is -0.687. The van der Waals surface area contributed by atoms with Crippen molar-refractivity contribution in [1.82, 2.24) is 0 Å². The van der Waals surface area contributed by atoms with Gasteiger partial charge in [0.2, 0.25) is 5.91 Å². The second-order valence-corrected chi connectivity index (χ2v) is 4.66. The van der Waals surface area contributed by atoms with Crippen LogP contribution >= 0.6 is 0 Å². The van der Waals surface area contributed by atoms with Gasteiger partial charge in [-0.2, -0.15) is 5.26 Å². The van der Waals surface area contributed by atoms with Crippen molar-refractivity contribution in [2.45, 2.75) is 25.5 Å². The average Bonchev–Trinajstić information content (AvgIpc) is 2.43. The summed E-state index contributed by atoms with van der Waals surface area (Å²) >= 11 is 0. The Balaban J connectivity index is 2.66. The van der Waals surface area contributed by atoms with Crippen molar-refractivity contribution >= 4 is 17.6 Å². The van der Waals surface area contributed by atoms with E-state index < -0.39 is 24.0 Å². The Labute approximate surface area is 122 Å².